The topological polar surface area (TPSA) is 67.4 Å². The van der Waals surface area contributed by atoms with Gasteiger partial charge in [0.15, 0.2) is 0 Å². The smallest absolute Gasteiger partial charge is 0.269 e. The van der Waals surface area contributed by atoms with Crippen molar-refractivity contribution in [3.8, 4) is 5.75 Å². The molecule has 29 heavy (non-hydrogen) atoms. The number of halogens is 1. The fraction of sp³-hybridized carbons (Fsp3) is 0.0435. The summed E-state index contributed by atoms with van der Waals surface area (Å²) in [5, 5.41) is 0. The highest BCUT2D eigenvalue weighted by atomic mass is 19.1. The largest absolute Gasteiger partial charge is 0.489 e. The molecule has 0 spiro atoms. The number of rotatable bonds is 6. The molecule has 5 nitrogen and oxygen atoms in total. The van der Waals surface area contributed by atoms with Crippen LogP contribution in [0.4, 0.5) is 4.39 Å². The van der Waals surface area contributed by atoms with E-state index in [2.05, 4.69) is 10.9 Å². The first-order chi connectivity index (χ1) is 14.1. The number of benzene rings is 3. The number of nitrogens with one attached hydrogen (secondary N) is 2. The Morgan fingerprint density at radius 3 is 2.24 bits per heavy atom. The quantitative estimate of drug-likeness (QED) is 0.496. The van der Waals surface area contributed by atoms with Gasteiger partial charge in [0.25, 0.3) is 11.8 Å². The maximum absolute atomic E-state index is 12.8. The Morgan fingerprint density at radius 1 is 0.862 bits per heavy atom. The van der Waals surface area contributed by atoms with Gasteiger partial charge in [-0.05, 0) is 53.6 Å². The molecule has 3 rings (SSSR count). The molecule has 3 aromatic rings. The van der Waals surface area contributed by atoms with E-state index < -0.39 is 11.8 Å². The van der Waals surface area contributed by atoms with E-state index in [9.17, 15) is 14.0 Å². The van der Waals surface area contributed by atoms with Crippen molar-refractivity contribution in [2.75, 3.05) is 0 Å². The van der Waals surface area contributed by atoms with Gasteiger partial charge in [0.1, 0.15) is 18.2 Å². The molecule has 0 radical (unpaired) electrons. The average Bonchev–Trinajstić information content (AvgIpc) is 2.76. The summed E-state index contributed by atoms with van der Waals surface area (Å²) in [6.07, 6.45) is 2.76. The molecule has 0 aliphatic rings. The minimum atomic E-state index is -0.509. The fourth-order valence-corrected chi connectivity index (χ4v) is 2.42. The van der Waals surface area contributed by atoms with Crippen LogP contribution in [0.1, 0.15) is 21.5 Å². The van der Waals surface area contributed by atoms with Gasteiger partial charge < -0.3 is 4.74 Å². The lowest BCUT2D eigenvalue weighted by Crippen LogP contribution is -2.40. The van der Waals surface area contributed by atoms with Crippen molar-refractivity contribution in [1.29, 1.82) is 0 Å². The van der Waals surface area contributed by atoms with Crippen LogP contribution < -0.4 is 15.6 Å². The number of hydrogen-bond acceptors (Lipinski definition) is 3. The molecule has 0 saturated heterocycles. The number of hydrogen-bond donors (Lipinski definition) is 2. The van der Waals surface area contributed by atoms with E-state index in [0.29, 0.717) is 23.5 Å². The van der Waals surface area contributed by atoms with E-state index in [1.54, 1.807) is 36.4 Å². The van der Waals surface area contributed by atoms with Crippen LogP contribution in [0, 0.1) is 5.82 Å². The van der Waals surface area contributed by atoms with Gasteiger partial charge in [-0.1, -0.05) is 42.5 Å². The van der Waals surface area contributed by atoms with Crippen LogP contribution in [0.3, 0.4) is 0 Å². The first kappa shape index (κ1) is 19.8. The van der Waals surface area contributed by atoms with Crippen molar-refractivity contribution in [3.63, 3.8) is 0 Å². The summed E-state index contributed by atoms with van der Waals surface area (Å²) in [6, 6.07) is 22.0. The van der Waals surface area contributed by atoms with Crippen molar-refractivity contribution in [2.24, 2.45) is 0 Å². The molecule has 0 atom stereocenters. The van der Waals surface area contributed by atoms with Crippen molar-refractivity contribution < 1.29 is 18.7 Å². The van der Waals surface area contributed by atoms with Gasteiger partial charge in [-0.25, -0.2) is 4.39 Å². The van der Waals surface area contributed by atoms with E-state index in [-0.39, 0.29) is 5.82 Å². The zero-order valence-corrected chi connectivity index (χ0v) is 15.5. The molecule has 0 aliphatic heterocycles. The number of carbonyl (C=O) groups excluding carboxylic acids is 2. The lowest BCUT2D eigenvalue weighted by atomic mass is 10.2. The predicted molar refractivity (Wildman–Crippen MR) is 108 cm³/mol. The van der Waals surface area contributed by atoms with Crippen LogP contribution in [0.5, 0.6) is 5.75 Å². The summed E-state index contributed by atoms with van der Waals surface area (Å²) in [6.45, 7) is 0.433. The van der Waals surface area contributed by atoms with Gasteiger partial charge in [-0.2, -0.15) is 0 Å². The van der Waals surface area contributed by atoms with E-state index in [1.165, 1.54) is 24.3 Å². The molecule has 6 heteroatoms. The zero-order valence-electron chi connectivity index (χ0n) is 15.5. The standard InChI is InChI=1S/C23H19FN2O3/c24-20-11-6-17(7-12-20)8-15-22(27)25-26-23(28)19-9-13-21(14-10-19)29-16-18-4-2-1-3-5-18/h1-15H,16H2,(H,25,27)(H,26,28). The zero-order chi connectivity index (χ0) is 20.5. The van der Waals surface area contributed by atoms with Crippen LogP contribution in [-0.4, -0.2) is 11.8 Å². The van der Waals surface area contributed by atoms with Crippen molar-refractivity contribution in [1.82, 2.24) is 10.9 Å². The average molecular weight is 390 g/mol. The van der Waals surface area contributed by atoms with E-state index >= 15 is 0 Å². The predicted octanol–water partition coefficient (Wildman–Crippen LogP) is 3.88. The van der Waals surface area contributed by atoms with Gasteiger partial charge >= 0.3 is 0 Å². The van der Waals surface area contributed by atoms with Crippen LogP contribution in [0.25, 0.3) is 6.08 Å². The third-order valence-electron chi connectivity index (χ3n) is 3.96. The summed E-state index contributed by atoms with van der Waals surface area (Å²) in [4.78, 5) is 23.9. The van der Waals surface area contributed by atoms with Crippen molar-refractivity contribution in [3.05, 3.63) is 107 Å². The normalized spacial score (nSPS) is 10.5. The van der Waals surface area contributed by atoms with Crippen LogP contribution in [0.15, 0.2) is 84.9 Å². The molecule has 2 N–H and O–H groups in total. The molecule has 0 aliphatic carbocycles. The molecule has 3 aromatic carbocycles. The lowest BCUT2D eigenvalue weighted by Gasteiger charge is -2.08. The van der Waals surface area contributed by atoms with Crippen LogP contribution >= 0.6 is 0 Å². The minimum absolute atomic E-state index is 0.352. The monoisotopic (exact) mass is 390 g/mol. The Bertz CT molecular complexity index is 985. The fourth-order valence-electron chi connectivity index (χ4n) is 2.42. The summed E-state index contributed by atoms with van der Waals surface area (Å²) in [7, 11) is 0. The Morgan fingerprint density at radius 2 is 1.55 bits per heavy atom. The van der Waals surface area contributed by atoms with Gasteiger partial charge in [0.2, 0.25) is 0 Å². The second-order valence-electron chi connectivity index (χ2n) is 6.13. The number of ether oxygens (including phenoxy) is 1. The van der Waals surface area contributed by atoms with Crippen molar-refractivity contribution >= 4 is 17.9 Å². The second-order valence-corrected chi connectivity index (χ2v) is 6.13. The van der Waals surface area contributed by atoms with Gasteiger partial charge in [0.05, 0.1) is 0 Å². The highest BCUT2D eigenvalue weighted by Crippen LogP contribution is 2.14. The first-order valence-corrected chi connectivity index (χ1v) is 8.91. The van der Waals surface area contributed by atoms with Gasteiger partial charge in [-0.3, -0.25) is 20.4 Å². The summed E-state index contributed by atoms with van der Waals surface area (Å²) >= 11 is 0. The first-order valence-electron chi connectivity index (χ1n) is 8.91. The Hall–Kier alpha value is -3.93. The molecule has 0 saturated carbocycles. The van der Waals surface area contributed by atoms with Gasteiger partial charge in [0, 0.05) is 11.6 Å². The third kappa shape index (κ3) is 6.32. The molecule has 2 amide bonds. The number of hydrazine groups is 1. The second kappa shape index (κ2) is 9.85. The number of amides is 2. The minimum Gasteiger partial charge on any atom is -0.489 e. The molecular weight excluding hydrogens is 371 g/mol. The third-order valence-corrected chi connectivity index (χ3v) is 3.96. The molecule has 0 heterocycles. The maximum atomic E-state index is 12.8. The van der Waals surface area contributed by atoms with E-state index in [1.807, 2.05) is 30.3 Å². The Kier molecular flexibility index (Phi) is 6.73. The molecule has 0 aromatic heterocycles. The van der Waals surface area contributed by atoms with Gasteiger partial charge in [-0.15, -0.1) is 0 Å². The Labute approximate surface area is 167 Å². The van der Waals surface area contributed by atoms with Crippen LogP contribution in [-0.2, 0) is 11.4 Å². The highest BCUT2D eigenvalue weighted by molar-refractivity contribution is 5.97. The van der Waals surface area contributed by atoms with E-state index in [0.717, 1.165) is 5.56 Å². The Balaban J connectivity index is 1.46. The summed E-state index contributed by atoms with van der Waals surface area (Å²) in [5.41, 5.74) is 6.71. The lowest BCUT2D eigenvalue weighted by molar-refractivity contribution is -0.117. The maximum Gasteiger partial charge on any atom is 0.269 e. The molecule has 0 fully saturated rings. The number of carbonyl (C=O) groups is 2. The SMILES string of the molecule is O=C(C=Cc1ccc(F)cc1)NNC(=O)c1ccc(OCc2ccccc2)cc1. The molecule has 0 bridgehead atoms. The highest BCUT2D eigenvalue weighted by Gasteiger charge is 2.06. The summed E-state index contributed by atoms with van der Waals surface area (Å²) in [5.74, 6) is -0.680. The van der Waals surface area contributed by atoms with Crippen LogP contribution in [0.2, 0.25) is 0 Å². The molecule has 0 unspecified atom stereocenters. The van der Waals surface area contributed by atoms with Crippen molar-refractivity contribution in [2.45, 2.75) is 6.61 Å². The van der Waals surface area contributed by atoms with E-state index in [4.69, 9.17) is 4.74 Å². The summed E-state index contributed by atoms with van der Waals surface area (Å²) < 4.78 is 18.5. The molecular formula is C23H19FN2O3. The molecule has 146 valence electrons.